The van der Waals surface area contributed by atoms with Gasteiger partial charge in [0.2, 0.25) is 0 Å². The van der Waals surface area contributed by atoms with Gasteiger partial charge in [0.05, 0.1) is 0 Å². The van der Waals surface area contributed by atoms with Crippen LogP contribution in [0.4, 0.5) is 57.1 Å². The summed E-state index contributed by atoms with van der Waals surface area (Å²) in [5, 5.41) is 0. The molecule has 0 aromatic carbocycles. The first-order chi connectivity index (χ1) is 9.26. The molecule has 1 atom stereocenters. The minimum Gasteiger partial charge on any atom is -0.223 e. The maximum atomic E-state index is 13.4. The predicted octanol–water partition coefficient (Wildman–Crippen LogP) is 5.59. The molecule has 0 saturated heterocycles. The van der Waals surface area contributed by atoms with E-state index < -0.39 is 48.6 Å². The first kappa shape index (κ1) is 21.1. The molecule has 0 aliphatic rings. The zero-order valence-electron chi connectivity index (χ0n) is 10.3. The van der Waals surface area contributed by atoms with E-state index in [2.05, 4.69) is 0 Å². The van der Waals surface area contributed by atoms with Crippen molar-refractivity contribution >= 4 is 0 Å². The van der Waals surface area contributed by atoms with Crippen molar-refractivity contribution in [1.82, 2.24) is 0 Å². The average molecular weight is 362 g/mol. The first-order valence-electron chi connectivity index (χ1n) is 5.22. The summed E-state index contributed by atoms with van der Waals surface area (Å²) in [6.45, 7) is -0.314. The molecule has 0 bridgehead atoms. The summed E-state index contributed by atoms with van der Waals surface area (Å²) in [6.07, 6.45) is -28.6. The third-order valence-corrected chi connectivity index (χ3v) is 2.88. The van der Waals surface area contributed by atoms with Crippen molar-refractivity contribution in [2.75, 3.05) is 0 Å². The quantitative estimate of drug-likeness (QED) is 0.575. The Kier molecular flexibility index (Phi) is 5.39. The second-order valence-corrected chi connectivity index (χ2v) is 4.48. The van der Waals surface area contributed by atoms with Gasteiger partial charge in [-0.15, -0.1) is 0 Å². The van der Waals surface area contributed by atoms with Gasteiger partial charge in [-0.1, -0.05) is 6.92 Å². The number of hydrogen-bond acceptors (Lipinski definition) is 0. The fourth-order valence-electron chi connectivity index (χ4n) is 1.69. The minimum absolute atomic E-state index is 0.314. The molecular weight excluding hydrogens is 355 g/mol. The van der Waals surface area contributed by atoms with Crippen LogP contribution >= 0.6 is 0 Å². The van der Waals surface area contributed by atoms with Crippen LogP contribution < -0.4 is 0 Å². The monoisotopic (exact) mass is 362 g/mol. The maximum absolute atomic E-state index is 13.4. The van der Waals surface area contributed by atoms with E-state index in [9.17, 15) is 57.1 Å². The van der Waals surface area contributed by atoms with E-state index in [1.54, 1.807) is 0 Å². The lowest BCUT2D eigenvalue weighted by Crippen LogP contribution is -2.58. The molecule has 0 aliphatic heterocycles. The van der Waals surface area contributed by atoms with Crippen molar-refractivity contribution in [1.29, 1.82) is 0 Å². The van der Waals surface area contributed by atoms with Gasteiger partial charge in [0.15, 0.2) is 5.92 Å². The van der Waals surface area contributed by atoms with Crippen molar-refractivity contribution in [2.45, 2.75) is 43.7 Å². The van der Waals surface area contributed by atoms with Gasteiger partial charge in [-0.2, -0.15) is 52.7 Å². The van der Waals surface area contributed by atoms with E-state index in [1.165, 1.54) is 0 Å². The topological polar surface area (TPSA) is 0 Å². The van der Waals surface area contributed by atoms with Crippen LogP contribution in [0.25, 0.3) is 0 Å². The normalized spacial score (nSPS) is 17.0. The van der Waals surface area contributed by atoms with Gasteiger partial charge in [0.1, 0.15) is 0 Å². The fraction of sp³-hybridized carbons (Fsp3) is 1.00. The second-order valence-electron chi connectivity index (χ2n) is 4.48. The predicted molar refractivity (Wildman–Crippen MR) is 45.3 cm³/mol. The van der Waals surface area contributed by atoms with Gasteiger partial charge in [-0.25, -0.2) is 4.39 Å². The van der Waals surface area contributed by atoms with E-state index in [1.807, 2.05) is 0 Å². The van der Waals surface area contributed by atoms with Crippen LogP contribution in [0.5, 0.6) is 0 Å². The molecule has 0 saturated carbocycles. The summed E-state index contributed by atoms with van der Waals surface area (Å²) in [5.74, 6) is -8.18. The van der Waals surface area contributed by atoms with E-state index in [-0.39, 0.29) is 6.92 Å². The molecule has 13 heteroatoms. The Hall–Kier alpha value is -0.910. The molecule has 0 aliphatic carbocycles. The Morgan fingerprint density at radius 3 is 1.05 bits per heavy atom. The van der Waals surface area contributed by atoms with Crippen molar-refractivity contribution in [3.05, 3.63) is 0 Å². The molecule has 0 radical (unpaired) electrons. The average Bonchev–Trinajstić information content (AvgIpc) is 2.17. The van der Waals surface area contributed by atoms with Gasteiger partial charge < -0.3 is 0 Å². The lowest BCUT2D eigenvalue weighted by Gasteiger charge is -2.37. The van der Waals surface area contributed by atoms with Crippen LogP contribution in [0.1, 0.15) is 13.3 Å². The summed E-state index contributed by atoms with van der Waals surface area (Å²) in [4.78, 5) is 0. The van der Waals surface area contributed by atoms with Crippen molar-refractivity contribution in [2.24, 2.45) is 11.8 Å². The highest BCUT2D eigenvalue weighted by molar-refractivity contribution is 4.99. The lowest BCUT2D eigenvalue weighted by molar-refractivity contribution is -0.364. The van der Waals surface area contributed by atoms with Crippen molar-refractivity contribution in [3.63, 3.8) is 0 Å². The third-order valence-electron chi connectivity index (χ3n) is 2.88. The smallest absolute Gasteiger partial charge is 0.223 e. The highest BCUT2D eigenvalue weighted by atomic mass is 19.4. The fourth-order valence-corrected chi connectivity index (χ4v) is 1.69. The molecule has 0 spiro atoms. The van der Waals surface area contributed by atoms with Crippen LogP contribution in [0.15, 0.2) is 0 Å². The summed E-state index contributed by atoms with van der Waals surface area (Å²) >= 11 is 0. The molecule has 1 unspecified atom stereocenters. The zero-order chi connectivity index (χ0) is 18.4. The molecule has 0 heterocycles. The zero-order valence-corrected chi connectivity index (χ0v) is 10.3. The molecule has 0 rings (SSSR count). The SMILES string of the molecule is CC(CC(C(F)(F)F)C(F)(F)F)C(F)(C(F)(F)F)C(F)(F)F. The van der Waals surface area contributed by atoms with Gasteiger partial charge in [-0.05, 0) is 6.42 Å². The Morgan fingerprint density at radius 1 is 0.591 bits per heavy atom. The first-order valence-corrected chi connectivity index (χ1v) is 5.22. The molecule has 0 nitrogen and oxygen atoms in total. The molecular formula is C9H7F13. The molecule has 22 heavy (non-hydrogen) atoms. The Bertz CT molecular complexity index is 339. The molecule has 0 fully saturated rings. The minimum atomic E-state index is -6.73. The number of halogens is 13. The number of rotatable bonds is 3. The van der Waals surface area contributed by atoms with E-state index in [0.29, 0.717) is 0 Å². The molecule has 0 amide bonds. The van der Waals surface area contributed by atoms with E-state index in [0.717, 1.165) is 0 Å². The summed E-state index contributed by atoms with van der Waals surface area (Å²) < 4.78 is 160. The van der Waals surface area contributed by atoms with Gasteiger partial charge in [-0.3, -0.25) is 0 Å². The van der Waals surface area contributed by atoms with Gasteiger partial charge in [0.25, 0.3) is 0 Å². The highest BCUT2D eigenvalue weighted by Gasteiger charge is 2.75. The number of alkyl halides is 13. The Morgan fingerprint density at radius 2 is 0.864 bits per heavy atom. The Labute approximate surface area is 114 Å². The largest absolute Gasteiger partial charge is 0.431 e. The van der Waals surface area contributed by atoms with Crippen LogP contribution in [0, 0.1) is 11.8 Å². The third kappa shape index (κ3) is 4.09. The summed E-state index contributed by atoms with van der Waals surface area (Å²) in [7, 11) is 0. The van der Waals surface area contributed by atoms with E-state index in [4.69, 9.17) is 0 Å². The van der Waals surface area contributed by atoms with Crippen LogP contribution in [-0.4, -0.2) is 30.4 Å². The molecule has 134 valence electrons. The molecule has 0 N–H and O–H groups in total. The number of hydrogen-bond donors (Lipinski definition) is 0. The Balaban J connectivity index is 5.76. The van der Waals surface area contributed by atoms with Crippen LogP contribution in [-0.2, 0) is 0 Å². The van der Waals surface area contributed by atoms with Crippen molar-refractivity contribution in [3.8, 4) is 0 Å². The van der Waals surface area contributed by atoms with Gasteiger partial charge >= 0.3 is 30.4 Å². The maximum Gasteiger partial charge on any atom is 0.431 e. The van der Waals surface area contributed by atoms with Crippen LogP contribution in [0.3, 0.4) is 0 Å². The van der Waals surface area contributed by atoms with Crippen LogP contribution in [0.2, 0.25) is 0 Å². The van der Waals surface area contributed by atoms with E-state index >= 15 is 0 Å². The van der Waals surface area contributed by atoms with Gasteiger partial charge in [0, 0.05) is 5.92 Å². The molecule has 0 aromatic heterocycles. The second kappa shape index (κ2) is 5.62. The lowest BCUT2D eigenvalue weighted by atomic mass is 9.81. The van der Waals surface area contributed by atoms with Crippen molar-refractivity contribution < 1.29 is 57.1 Å². The summed E-state index contributed by atoms with van der Waals surface area (Å²) in [6, 6.07) is 0. The standard InChI is InChI=1S/C9H7F13/c1-3(2-4(6(11,12)13)7(14,15)16)5(10,8(17,18)19)9(20,21)22/h3-4H,2H2,1H3. The molecule has 0 aromatic rings. The summed E-state index contributed by atoms with van der Waals surface area (Å²) in [5.41, 5.74) is -6.20. The highest BCUT2D eigenvalue weighted by Crippen LogP contribution is 2.54.